The Hall–Kier alpha value is -2.55. The van der Waals surface area contributed by atoms with E-state index in [0.717, 1.165) is 33.2 Å². The zero-order valence-electron chi connectivity index (χ0n) is 16.5. The van der Waals surface area contributed by atoms with Gasteiger partial charge >= 0.3 is 0 Å². The summed E-state index contributed by atoms with van der Waals surface area (Å²) < 4.78 is 2.01. The Balaban J connectivity index is 1.96. The molecule has 0 radical (unpaired) electrons. The molecule has 3 aromatic rings. The zero-order valence-corrected chi connectivity index (χ0v) is 18.1. The first kappa shape index (κ1) is 19.8. The van der Waals surface area contributed by atoms with E-state index < -0.39 is 6.04 Å². The molecule has 0 aliphatic carbocycles. The molecular formula is C20H20ClN5O2S. The first-order valence-corrected chi connectivity index (χ1v) is 10.3. The molecule has 0 saturated carbocycles. The monoisotopic (exact) mass is 429 g/mol. The Bertz CT molecular complexity index is 1120. The van der Waals surface area contributed by atoms with Gasteiger partial charge in [-0.15, -0.1) is 21.5 Å². The first-order chi connectivity index (χ1) is 13.9. The van der Waals surface area contributed by atoms with E-state index in [4.69, 9.17) is 21.4 Å². The van der Waals surface area contributed by atoms with Crippen LogP contribution in [0.4, 0.5) is 0 Å². The van der Waals surface area contributed by atoms with E-state index >= 15 is 0 Å². The van der Waals surface area contributed by atoms with Crippen molar-refractivity contribution < 1.29 is 9.63 Å². The second kappa shape index (κ2) is 7.70. The van der Waals surface area contributed by atoms with Gasteiger partial charge in [0.2, 0.25) is 5.91 Å². The number of hydrogen-bond acceptors (Lipinski definition) is 6. The van der Waals surface area contributed by atoms with E-state index in [1.54, 1.807) is 11.3 Å². The minimum absolute atomic E-state index is 0.0933. The number of aliphatic imine (C=N–C) groups is 1. The molecule has 1 unspecified atom stereocenters. The third-order valence-electron chi connectivity index (χ3n) is 4.95. The average molecular weight is 430 g/mol. The van der Waals surface area contributed by atoms with Gasteiger partial charge in [-0.25, -0.2) is 5.48 Å². The summed E-state index contributed by atoms with van der Waals surface area (Å²) in [7, 11) is 1.41. The van der Waals surface area contributed by atoms with Gasteiger partial charge in [-0.2, -0.15) is 0 Å². The van der Waals surface area contributed by atoms with Gasteiger partial charge in [-0.3, -0.25) is 19.2 Å². The highest BCUT2D eigenvalue weighted by Gasteiger charge is 2.32. The summed E-state index contributed by atoms with van der Waals surface area (Å²) in [4.78, 5) is 23.3. The Kier molecular flexibility index (Phi) is 5.24. The molecule has 1 N–H and O–H groups in total. The van der Waals surface area contributed by atoms with Crippen LogP contribution in [0.15, 0.2) is 29.3 Å². The lowest BCUT2D eigenvalue weighted by molar-refractivity contribution is -0.131. The molecule has 29 heavy (non-hydrogen) atoms. The van der Waals surface area contributed by atoms with E-state index in [1.165, 1.54) is 12.0 Å². The van der Waals surface area contributed by atoms with Gasteiger partial charge in [0, 0.05) is 21.0 Å². The quantitative estimate of drug-likeness (QED) is 0.638. The molecular weight excluding hydrogens is 410 g/mol. The van der Waals surface area contributed by atoms with Crippen LogP contribution in [0.2, 0.25) is 5.02 Å². The largest absolute Gasteiger partial charge is 0.277 e. The summed E-state index contributed by atoms with van der Waals surface area (Å²) >= 11 is 7.78. The minimum atomic E-state index is -0.503. The lowest BCUT2D eigenvalue weighted by Gasteiger charge is -2.12. The summed E-state index contributed by atoms with van der Waals surface area (Å²) in [6.45, 7) is 6.09. The van der Waals surface area contributed by atoms with Crippen molar-refractivity contribution >= 4 is 34.6 Å². The molecule has 2 aromatic heterocycles. The molecule has 1 aliphatic heterocycles. The average Bonchev–Trinajstić information content (AvgIpc) is 3.15. The lowest BCUT2D eigenvalue weighted by atomic mass is 9.99. The third-order valence-corrected chi connectivity index (χ3v) is 6.40. The number of rotatable bonds is 4. The number of nitrogens with one attached hydrogen (secondary N) is 1. The van der Waals surface area contributed by atoms with Gasteiger partial charge in [0.25, 0.3) is 0 Å². The predicted molar refractivity (Wildman–Crippen MR) is 113 cm³/mol. The first-order valence-electron chi connectivity index (χ1n) is 9.09. The molecule has 1 aromatic carbocycles. The predicted octanol–water partition coefficient (Wildman–Crippen LogP) is 3.87. The molecule has 3 heterocycles. The number of carbonyl (C=O) groups is 1. The van der Waals surface area contributed by atoms with Crippen LogP contribution in [-0.4, -0.2) is 33.5 Å². The number of hydroxylamine groups is 1. The van der Waals surface area contributed by atoms with Crippen molar-refractivity contribution in [3.05, 3.63) is 62.5 Å². The van der Waals surface area contributed by atoms with Crippen molar-refractivity contribution in [2.45, 2.75) is 33.2 Å². The number of aromatic nitrogens is 3. The van der Waals surface area contributed by atoms with Gasteiger partial charge in [-0.1, -0.05) is 23.7 Å². The number of benzene rings is 1. The fraction of sp³-hybridized carbons (Fsp3) is 0.300. The topological polar surface area (TPSA) is 81.4 Å². The van der Waals surface area contributed by atoms with Crippen LogP contribution in [0.5, 0.6) is 0 Å². The maximum atomic E-state index is 12.3. The Morgan fingerprint density at radius 1 is 1.24 bits per heavy atom. The maximum absolute atomic E-state index is 12.3. The molecule has 1 atom stereocenters. The summed E-state index contributed by atoms with van der Waals surface area (Å²) in [5.74, 6) is 1.12. The van der Waals surface area contributed by atoms with Crippen LogP contribution in [0, 0.1) is 20.8 Å². The summed E-state index contributed by atoms with van der Waals surface area (Å²) in [6.07, 6.45) is 0.0933. The van der Waals surface area contributed by atoms with E-state index in [0.29, 0.717) is 10.8 Å². The van der Waals surface area contributed by atoms with Gasteiger partial charge in [0.05, 0.1) is 19.2 Å². The standard InChI is InChI=1S/C20H20ClN5O2S/c1-10-11(2)29-20-17(10)18(13-5-7-14(21)8-6-13)22-15(9-16(27)25-28-4)19-24-23-12(3)26(19)20/h5-8,15H,9H2,1-4H3,(H,25,27). The smallest absolute Gasteiger partial charge is 0.246 e. The molecule has 0 fully saturated rings. The van der Waals surface area contributed by atoms with Crippen molar-refractivity contribution in [1.82, 2.24) is 20.2 Å². The highest BCUT2D eigenvalue weighted by molar-refractivity contribution is 7.15. The number of fused-ring (bicyclic) bond motifs is 3. The van der Waals surface area contributed by atoms with Crippen LogP contribution in [0.3, 0.4) is 0 Å². The highest BCUT2D eigenvalue weighted by atomic mass is 35.5. The van der Waals surface area contributed by atoms with Crippen LogP contribution in [-0.2, 0) is 9.63 Å². The number of amides is 1. The SMILES string of the molecule is CONC(=O)CC1N=C(c2ccc(Cl)cc2)c2c(sc(C)c2C)-n2c(C)nnc21. The number of nitrogens with zero attached hydrogens (tertiary/aromatic N) is 4. The second-order valence-electron chi connectivity index (χ2n) is 6.84. The Labute approximate surface area is 177 Å². The number of halogens is 1. The van der Waals surface area contributed by atoms with E-state index in [-0.39, 0.29) is 12.3 Å². The summed E-state index contributed by atoms with van der Waals surface area (Å²) in [6, 6.07) is 7.08. The number of hydrogen-bond donors (Lipinski definition) is 1. The van der Waals surface area contributed by atoms with Gasteiger partial charge < -0.3 is 0 Å². The van der Waals surface area contributed by atoms with Crippen molar-refractivity contribution in [3.63, 3.8) is 0 Å². The summed E-state index contributed by atoms with van der Waals surface area (Å²) in [5, 5.41) is 10.3. The fourth-order valence-corrected chi connectivity index (χ4v) is 4.80. The van der Waals surface area contributed by atoms with Crippen molar-refractivity contribution in [3.8, 4) is 5.00 Å². The molecule has 7 nitrogen and oxygen atoms in total. The highest BCUT2D eigenvalue weighted by Crippen LogP contribution is 2.39. The van der Waals surface area contributed by atoms with Crippen LogP contribution < -0.4 is 5.48 Å². The number of aryl methyl sites for hydroxylation is 2. The Morgan fingerprint density at radius 3 is 2.66 bits per heavy atom. The van der Waals surface area contributed by atoms with E-state index in [2.05, 4.69) is 29.5 Å². The lowest BCUT2D eigenvalue weighted by Crippen LogP contribution is -2.24. The van der Waals surface area contributed by atoms with Crippen LogP contribution in [0.1, 0.15) is 45.7 Å². The van der Waals surface area contributed by atoms with Crippen molar-refractivity contribution in [2.24, 2.45) is 4.99 Å². The normalized spacial score (nSPS) is 15.3. The molecule has 0 saturated heterocycles. The fourth-order valence-electron chi connectivity index (χ4n) is 3.46. The van der Waals surface area contributed by atoms with Crippen molar-refractivity contribution in [2.75, 3.05) is 7.11 Å². The van der Waals surface area contributed by atoms with Gasteiger partial charge in [-0.05, 0) is 38.5 Å². The number of carbonyl (C=O) groups excluding carboxylic acids is 1. The van der Waals surface area contributed by atoms with Crippen LogP contribution in [0.25, 0.3) is 5.00 Å². The third kappa shape index (κ3) is 3.48. The van der Waals surface area contributed by atoms with Crippen LogP contribution >= 0.6 is 22.9 Å². The molecule has 9 heteroatoms. The maximum Gasteiger partial charge on any atom is 0.246 e. The zero-order chi connectivity index (χ0) is 20.7. The second-order valence-corrected chi connectivity index (χ2v) is 8.48. The van der Waals surface area contributed by atoms with Gasteiger partial charge in [0.15, 0.2) is 5.82 Å². The summed E-state index contributed by atoms with van der Waals surface area (Å²) in [5.41, 5.74) is 6.31. The Morgan fingerprint density at radius 2 is 1.97 bits per heavy atom. The van der Waals surface area contributed by atoms with Gasteiger partial charge in [0.1, 0.15) is 16.9 Å². The molecule has 0 bridgehead atoms. The van der Waals surface area contributed by atoms with E-state index in [9.17, 15) is 4.79 Å². The molecule has 150 valence electrons. The minimum Gasteiger partial charge on any atom is -0.277 e. The van der Waals surface area contributed by atoms with E-state index in [1.807, 2.05) is 35.8 Å². The van der Waals surface area contributed by atoms with Crippen molar-refractivity contribution in [1.29, 1.82) is 0 Å². The molecule has 1 aliphatic rings. The molecule has 1 amide bonds. The molecule has 0 spiro atoms. The molecule has 4 rings (SSSR count). The number of thiophene rings is 1.